The summed E-state index contributed by atoms with van der Waals surface area (Å²) in [5.41, 5.74) is 3.00. The van der Waals surface area contributed by atoms with Crippen LogP contribution in [0.25, 0.3) is 0 Å². The van der Waals surface area contributed by atoms with E-state index in [1.807, 2.05) is 20.0 Å². The van der Waals surface area contributed by atoms with Crippen molar-refractivity contribution in [3.8, 4) is 5.75 Å². The van der Waals surface area contributed by atoms with Gasteiger partial charge in [0.15, 0.2) is 0 Å². The fourth-order valence-corrected chi connectivity index (χ4v) is 4.16. The Labute approximate surface area is 159 Å². The van der Waals surface area contributed by atoms with E-state index < -0.39 is 5.92 Å². The smallest absolute Gasteiger partial charge is 0.251 e. The fourth-order valence-electron chi connectivity index (χ4n) is 4.16. The maximum absolute atomic E-state index is 13.4. The highest BCUT2D eigenvalue weighted by Gasteiger charge is 2.38. The van der Waals surface area contributed by atoms with Gasteiger partial charge in [0.25, 0.3) is 5.92 Å². The van der Waals surface area contributed by atoms with Crippen molar-refractivity contribution < 1.29 is 18.3 Å². The van der Waals surface area contributed by atoms with E-state index in [0.29, 0.717) is 13.1 Å². The van der Waals surface area contributed by atoms with E-state index in [1.165, 1.54) is 0 Å². The van der Waals surface area contributed by atoms with Crippen molar-refractivity contribution in [2.75, 3.05) is 33.3 Å². The minimum Gasteiger partial charge on any atom is -0.496 e. The van der Waals surface area contributed by atoms with Gasteiger partial charge in [-0.3, -0.25) is 14.7 Å². The number of carbonyl (C=O) groups is 1. The first kappa shape index (κ1) is 20.0. The van der Waals surface area contributed by atoms with Crippen molar-refractivity contribution in [2.45, 2.75) is 52.0 Å². The van der Waals surface area contributed by atoms with Crippen molar-refractivity contribution in [1.29, 1.82) is 0 Å². The van der Waals surface area contributed by atoms with Gasteiger partial charge in [-0.25, -0.2) is 8.78 Å². The van der Waals surface area contributed by atoms with E-state index in [1.54, 1.807) is 12.0 Å². The molecule has 0 aromatic carbocycles. The largest absolute Gasteiger partial charge is 0.496 e. The quantitative estimate of drug-likeness (QED) is 0.804. The Balaban J connectivity index is 1.62. The molecule has 2 aliphatic rings. The van der Waals surface area contributed by atoms with Crippen molar-refractivity contribution in [2.24, 2.45) is 5.92 Å². The third-order valence-corrected chi connectivity index (χ3v) is 5.78. The number of alkyl halides is 2. The molecule has 1 aromatic heterocycles. The monoisotopic (exact) mass is 381 g/mol. The molecular weight excluding hydrogens is 352 g/mol. The molecule has 27 heavy (non-hydrogen) atoms. The maximum Gasteiger partial charge on any atom is 0.251 e. The Hall–Kier alpha value is -1.76. The highest BCUT2D eigenvalue weighted by Crippen LogP contribution is 2.30. The van der Waals surface area contributed by atoms with E-state index in [9.17, 15) is 13.6 Å². The zero-order chi connectivity index (χ0) is 19.6. The molecule has 1 atom stereocenters. The first-order chi connectivity index (χ1) is 12.8. The highest BCUT2D eigenvalue weighted by atomic mass is 19.3. The number of aryl methyl sites for hydroxylation is 1. The molecule has 3 heterocycles. The lowest BCUT2D eigenvalue weighted by Crippen LogP contribution is -2.48. The van der Waals surface area contributed by atoms with Gasteiger partial charge < -0.3 is 9.64 Å². The molecule has 0 saturated carbocycles. The number of likely N-dealkylation sites (tertiary alicyclic amines) is 2. The third kappa shape index (κ3) is 4.57. The zero-order valence-corrected chi connectivity index (χ0v) is 16.4. The Morgan fingerprint density at radius 3 is 2.67 bits per heavy atom. The predicted molar refractivity (Wildman–Crippen MR) is 99.0 cm³/mol. The average molecular weight is 381 g/mol. The number of amides is 1. The van der Waals surface area contributed by atoms with Gasteiger partial charge >= 0.3 is 0 Å². The van der Waals surface area contributed by atoms with Crippen LogP contribution in [-0.2, 0) is 11.3 Å². The van der Waals surface area contributed by atoms with Gasteiger partial charge in [0.1, 0.15) is 5.75 Å². The normalized spacial score (nSPS) is 23.3. The van der Waals surface area contributed by atoms with Gasteiger partial charge in [0.2, 0.25) is 5.91 Å². The summed E-state index contributed by atoms with van der Waals surface area (Å²) in [7, 11) is 1.66. The number of carbonyl (C=O) groups excluding carboxylic acids is 1. The second-order valence-corrected chi connectivity index (χ2v) is 7.80. The number of piperidine rings is 2. The first-order valence-electron chi connectivity index (χ1n) is 9.69. The molecule has 0 bridgehead atoms. The summed E-state index contributed by atoms with van der Waals surface area (Å²) in [6, 6.07) is 0. The van der Waals surface area contributed by atoms with Crippen LogP contribution in [0, 0.1) is 19.8 Å². The second kappa shape index (κ2) is 8.09. The Morgan fingerprint density at radius 2 is 2.00 bits per heavy atom. The lowest BCUT2D eigenvalue weighted by atomic mass is 9.94. The van der Waals surface area contributed by atoms with Crippen molar-refractivity contribution >= 4 is 5.91 Å². The van der Waals surface area contributed by atoms with Gasteiger partial charge in [-0.2, -0.15) is 0 Å². The molecule has 0 spiro atoms. The second-order valence-electron chi connectivity index (χ2n) is 7.80. The molecule has 0 aliphatic carbocycles. The summed E-state index contributed by atoms with van der Waals surface area (Å²) < 4.78 is 32.2. The fraction of sp³-hybridized carbons (Fsp3) is 0.700. The van der Waals surface area contributed by atoms with E-state index in [4.69, 9.17) is 4.74 Å². The molecule has 2 saturated heterocycles. The van der Waals surface area contributed by atoms with Crippen molar-refractivity contribution in [3.63, 3.8) is 0 Å². The summed E-state index contributed by atoms with van der Waals surface area (Å²) in [6.45, 7) is 6.55. The summed E-state index contributed by atoms with van der Waals surface area (Å²) in [5.74, 6) is -1.85. The van der Waals surface area contributed by atoms with Crippen LogP contribution in [0.15, 0.2) is 6.20 Å². The number of pyridine rings is 1. The molecule has 1 unspecified atom stereocenters. The Kier molecular flexibility index (Phi) is 5.99. The molecule has 2 aliphatic heterocycles. The van der Waals surface area contributed by atoms with E-state index in [2.05, 4.69) is 9.88 Å². The van der Waals surface area contributed by atoms with Gasteiger partial charge in [0, 0.05) is 56.3 Å². The first-order valence-corrected chi connectivity index (χ1v) is 9.69. The van der Waals surface area contributed by atoms with Gasteiger partial charge in [-0.05, 0) is 33.2 Å². The van der Waals surface area contributed by atoms with Crippen LogP contribution in [0.5, 0.6) is 5.75 Å². The number of ether oxygens (including phenoxy) is 1. The number of nitrogens with zero attached hydrogens (tertiary/aromatic N) is 3. The van der Waals surface area contributed by atoms with Crippen molar-refractivity contribution in [3.05, 3.63) is 23.0 Å². The van der Waals surface area contributed by atoms with Crippen molar-refractivity contribution in [1.82, 2.24) is 14.8 Å². The van der Waals surface area contributed by atoms with E-state index in [-0.39, 0.29) is 37.8 Å². The number of methoxy groups -OCH3 is 1. The molecule has 150 valence electrons. The number of rotatable bonds is 4. The van der Waals surface area contributed by atoms with E-state index in [0.717, 1.165) is 42.0 Å². The SMILES string of the molecule is COc1c(C)cnc(CN2CCCC(C(=O)N3CCC(F)(F)CC3)C2)c1C. The molecule has 3 rings (SSSR count). The average Bonchev–Trinajstić information content (AvgIpc) is 2.64. The van der Waals surface area contributed by atoms with Crippen LogP contribution < -0.4 is 4.74 Å². The molecule has 5 nitrogen and oxygen atoms in total. The highest BCUT2D eigenvalue weighted by molar-refractivity contribution is 5.79. The minimum absolute atomic E-state index is 0.0290. The third-order valence-electron chi connectivity index (χ3n) is 5.78. The molecule has 0 radical (unpaired) electrons. The van der Waals surface area contributed by atoms with Gasteiger partial charge in [0.05, 0.1) is 18.7 Å². The number of hydrogen-bond donors (Lipinski definition) is 0. The number of hydrogen-bond acceptors (Lipinski definition) is 4. The lowest BCUT2D eigenvalue weighted by molar-refractivity contribution is -0.143. The summed E-state index contributed by atoms with van der Waals surface area (Å²) in [5, 5.41) is 0. The summed E-state index contributed by atoms with van der Waals surface area (Å²) in [6.07, 6.45) is 3.14. The lowest BCUT2D eigenvalue weighted by Gasteiger charge is -2.37. The van der Waals surface area contributed by atoms with E-state index >= 15 is 0 Å². The van der Waals surface area contributed by atoms with Crippen LogP contribution >= 0.6 is 0 Å². The van der Waals surface area contributed by atoms with Crippen LogP contribution in [0.1, 0.15) is 42.5 Å². The Bertz CT molecular complexity index is 686. The summed E-state index contributed by atoms with van der Waals surface area (Å²) in [4.78, 5) is 21.2. The number of halogens is 2. The minimum atomic E-state index is -2.62. The van der Waals surface area contributed by atoms with Gasteiger partial charge in [-0.1, -0.05) is 0 Å². The molecule has 1 aromatic rings. The van der Waals surface area contributed by atoms with Gasteiger partial charge in [-0.15, -0.1) is 0 Å². The number of aromatic nitrogens is 1. The van der Waals surface area contributed by atoms with Crippen LogP contribution in [-0.4, -0.2) is 59.9 Å². The van der Waals surface area contributed by atoms with Crippen LogP contribution in [0.4, 0.5) is 8.78 Å². The molecule has 0 N–H and O–H groups in total. The molecule has 2 fully saturated rings. The molecule has 7 heteroatoms. The Morgan fingerprint density at radius 1 is 1.30 bits per heavy atom. The standard InChI is InChI=1S/C20H29F2N3O2/c1-14-11-23-17(15(2)18(14)27-3)13-24-8-4-5-16(12-24)19(26)25-9-6-20(21,22)7-10-25/h11,16H,4-10,12-13H2,1-3H3. The molecule has 1 amide bonds. The van der Waals surface area contributed by atoms with Crippen LogP contribution in [0.2, 0.25) is 0 Å². The zero-order valence-electron chi connectivity index (χ0n) is 16.4. The summed E-state index contributed by atoms with van der Waals surface area (Å²) >= 11 is 0. The predicted octanol–water partition coefficient (Wildman–Crippen LogP) is 3.18. The topological polar surface area (TPSA) is 45.7 Å². The maximum atomic E-state index is 13.4. The van der Waals surface area contributed by atoms with Crippen LogP contribution in [0.3, 0.4) is 0 Å². The molecular formula is C20H29F2N3O2.